The molecule has 35 heavy (non-hydrogen) atoms. The lowest BCUT2D eigenvalue weighted by Gasteiger charge is -2.33. The Kier molecular flexibility index (Phi) is 6.90. The van der Waals surface area contributed by atoms with Gasteiger partial charge < -0.3 is 24.4 Å². The lowest BCUT2D eigenvalue weighted by atomic mass is 10.2. The van der Waals surface area contributed by atoms with Crippen LogP contribution in [0, 0.1) is 0 Å². The van der Waals surface area contributed by atoms with Gasteiger partial charge in [0.15, 0.2) is 0 Å². The number of piperazine rings is 1. The molecule has 8 heteroatoms. The van der Waals surface area contributed by atoms with Gasteiger partial charge in [-0.1, -0.05) is 36.4 Å². The van der Waals surface area contributed by atoms with Gasteiger partial charge in [0.05, 0.1) is 11.0 Å². The van der Waals surface area contributed by atoms with Crippen molar-refractivity contribution >= 4 is 22.8 Å². The van der Waals surface area contributed by atoms with Gasteiger partial charge in [0.25, 0.3) is 0 Å². The number of anilines is 1. The van der Waals surface area contributed by atoms with E-state index in [1.165, 1.54) is 0 Å². The topological polar surface area (TPSA) is 75.5 Å². The summed E-state index contributed by atoms with van der Waals surface area (Å²) in [5, 5.41) is 3.02. The van der Waals surface area contributed by atoms with Crippen LogP contribution in [0.4, 0.5) is 5.82 Å². The number of imidazole rings is 1. The minimum Gasteiger partial charge on any atom is -0.486 e. The number of ether oxygens (including phenoxy) is 1. The van der Waals surface area contributed by atoms with Crippen molar-refractivity contribution in [2.45, 2.75) is 19.7 Å². The van der Waals surface area contributed by atoms with Gasteiger partial charge in [-0.2, -0.15) is 0 Å². The second kappa shape index (κ2) is 10.6. The van der Waals surface area contributed by atoms with Gasteiger partial charge in [-0.3, -0.25) is 4.79 Å². The highest BCUT2D eigenvalue weighted by Crippen LogP contribution is 2.19. The Hall–Kier alpha value is -3.91. The summed E-state index contributed by atoms with van der Waals surface area (Å²) in [6.07, 6.45) is 1.85. The molecule has 0 unspecified atom stereocenters. The van der Waals surface area contributed by atoms with Crippen molar-refractivity contribution in [1.29, 1.82) is 0 Å². The molecule has 0 saturated carbocycles. The SMILES string of the molecule is CN1CCN(c2ccc(CNC(=O)Cn3c(COc4ccccc4)nc4ccccc43)cn2)CC1. The fraction of sp³-hybridized carbons (Fsp3) is 0.296. The summed E-state index contributed by atoms with van der Waals surface area (Å²) in [6.45, 7) is 4.92. The average Bonchev–Trinajstić information content (AvgIpc) is 3.25. The summed E-state index contributed by atoms with van der Waals surface area (Å²) in [5.74, 6) is 2.38. The van der Waals surface area contributed by atoms with E-state index >= 15 is 0 Å². The molecule has 4 aromatic rings. The van der Waals surface area contributed by atoms with Gasteiger partial charge in [-0.15, -0.1) is 0 Å². The zero-order chi connectivity index (χ0) is 24.0. The Bertz CT molecular complexity index is 1260. The number of hydrogen-bond donors (Lipinski definition) is 1. The molecule has 0 spiro atoms. The van der Waals surface area contributed by atoms with Crippen LogP contribution in [0.2, 0.25) is 0 Å². The van der Waals surface area contributed by atoms with Gasteiger partial charge in [0, 0.05) is 38.9 Å². The van der Waals surface area contributed by atoms with Gasteiger partial charge in [0.1, 0.15) is 30.5 Å². The second-order valence-corrected chi connectivity index (χ2v) is 8.80. The number of nitrogens with one attached hydrogen (secondary N) is 1. The predicted molar refractivity (Wildman–Crippen MR) is 136 cm³/mol. The molecule has 1 N–H and O–H groups in total. The molecule has 0 bridgehead atoms. The van der Waals surface area contributed by atoms with E-state index in [1.54, 1.807) is 0 Å². The van der Waals surface area contributed by atoms with Gasteiger partial charge in [0.2, 0.25) is 5.91 Å². The number of likely N-dealkylation sites (N-methyl/N-ethyl adjacent to an activating group) is 1. The number of rotatable bonds is 8. The highest BCUT2D eigenvalue weighted by molar-refractivity contribution is 5.81. The molecule has 0 atom stereocenters. The van der Waals surface area contributed by atoms with Gasteiger partial charge in [-0.05, 0) is 42.9 Å². The molecule has 1 aliphatic heterocycles. The minimum atomic E-state index is -0.0859. The van der Waals surface area contributed by atoms with Crippen molar-refractivity contribution in [3.63, 3.8) is 0 Å². The van der Waals surface area contributed by atoms with Crippen LogP contribution in [0.1, 0.15) is 11.4 Å². The van der Waals surface area contributed by atoms with Crippen LogP contribution in [0.25, 0.3) is 11.0 Å². The number of fused-ring (bicyclic) bond motifs is 1. The molecule has 180 valence electrons. The second-order valence-electron chi connectivity index (χ2n) is 8.80. The van der Waals surface area contributed by atoms with E-state index in [0.29, 0.717) is 12.4 Å². The maximum absolute atomic E-state index is 12.9. The number of carbonyl (C=O) groups excluding carboxylic acids is 1. The normalized spacial score (nSPS) is 14.3. The van der Waals surface area contributed by atoms with E-state index in [0.717, 1.165) is 54.3 Å². The molecule has 1 saturated heterocycles. The first-order chi connectivity index (χ1) is 17.2. The van der Waals surface area contributed by atoms with Crippen molar-refractivity contribution in [2.75, 3.05) is 38.1 Å². The number of hydrogen-bond acceptors (Lipinski definition) is 6. The quantitative estimate of drug-likeness (QED) is 0.427. The summed E-state index contributed by atoms with van der Waals surface area (Å²) in [7, 11) is 2.14. The lowest BCUT2D eigenvalue weighted by molar-refractivity contribution is -0.121. The Balaban J connectivity index is 1.21. The van der Waals surface area contributed by atoms with E-state index in [4.69, 9.17) is 9.72 Å². The molecule has 3 heterocycles. The maximum Gasteiger partial charge on any atom is 0.240 e. The van der Waals surface area contributed by atoms with E-state index in [1.807, 2.05) is 77.5 Å². The highest BCUT2D eigenvalue weighted by Gasteiger charge is 2.16. The lowest BCUT2D eigenvalue weighted by Crippen LogP contribution is -2.44. The summed E-state index contributed by atoms with van der Waals surface area (Å²) in [4.78, 5) is 26.8. The average molecular weight is 471 g/mol. The number of nitrogens with zero attached hydrogens (tertiary/aromatic N) is 5. The maximum atomic E-state index is 12.9. The summed E-state index contributed by atoms with van der Waals surface area (Å²) in [5.41, 5.74) is 2.72. The van der Waals surface area contributed by atoms with E-state index in [-0.39, 0.29) is 19.1 Å². The molecule has 1 fully saturated rings. The van der Waals surface area contributed by atoms with Crippen LogP contribution in [0.5, 0.6) is 5.75 Å². The fourth-order valence-electron chi connectivity index (χ4n) is 4.22. The first-order valence-corrected chi connectivity index (χ1v) is 11.9. The number of benzene rings is 2. The molecule has 1 amide bonds. The number of pyridine rings is 1. The number of carbonyl (C=O) groups is 1. The third-order valence-corrected chi connectivity index (χ3v) is 6.27. The monoisotopic (exact) mass is 470 g/mol. The Morgan fingerprint density at radius 3 is 2.51 bits per heavy atom. The molecular formula is C27H30N6O2. The Labute approximate surface area is 205 Å². The van der Waals surface area contributed by atoms with E-state index in [9.17, 15) is 4.79 Å². The number of aromatic nitrogens is 3. The van der Waals surface area contributed by atoms with E-state index in [2.05, 4.69) is 27.1 Å². The van der Waals surface area contributed by atoms with Gasteiger partial charge in [-0.25, -0.2) is 9.97 Å². The van der Waals surface area contributed by atoms with Crippen molar-refractivity contribution in [3.8, 4) is 5.75 Å². The van der Waals surface area contributed by atoms with Crippen LogP contribution in [0.3, 0.4) is 0 Å². The molecule has 5 rings (SSSR count). The van der Waals surface area contributed by atoms with Crippen LogP contribution < -0.4 is 15.0 Å². The van der Waals surface area contributed by atoms with Crippen LogP contribution >= 0.6 is 0 Å². The fourth-order valence-corrected chi connectivity index (χ4v) is 4.22. The third kappa shape index (κ3) is 5.60. The minimum absolute atomic E-state index is 0.0859. The van der Waals surface area contributed by atoms with Crippen LogP contribution in [-0.4, -0.2) is 58.6 Å². The Morgan fingerprint density at radius 2 is 1.74 bits per heavy atom. The standard InChI is InChI=1S/C27H30N6O2/c1-31-13-15-32(16-14-31)25-12-11-21(17-28-25)18-29-27(34)19-33-24-10-6-5-9-23(24)30-26(33)20-35-22-7-3-2-4-8-22/h2-12,17H,13-16,18-20H2,1H3,(H,29,34). The first kappa shape index (κ1) is 22.9. The molecular weight excluding hydrogens is 440 g/mol. The van der Waals surface area contributed by atoms with Crippen LogP contribution in [-0.2, 0) is 24.5 Å². The highest BCUT2D eigenvalue weighted by atomic mass is 16.5. The summed E-state index contributed by atoms with van der Waals surface area (Å²) >= 11 is 0. The number of amides is 1. The van der Waals surface area contributed by atoms with Crippen molar-refractivity contribution in [2.24, 2.45) is 0 Å². The first-order valence-electron chi connectivity index (χ1n) is 11.9. The molecule has 1 aliphatic rings. The van der Waals surface area contributed by atoms with Crippen LogP contribution in [0.15, 0.2) is 72.9 Å². The molecule has 0 radical (unpaired) electrons. The summed E-state index contributed by atoms with van der Waals surface area (Å²) in [6, 6.07) is 21.5. The number of para-hydroxylation sites is 3. The predicted octanol–water partition coefficient (Wildman–Crippen LogP) is 3.08. The smallest absolute Gasteiger partial charge is 0.240 e. The van der Waals surface area contributed by atoms with E-state index < -0.39 is 0 Å². The molecule has 2 aromatic carbocycles. The van der Waals surface area contributed by atoms with Crippen molar-refractivity contribution in [1.82, 2.24) is 24.8 Å². The van der Waals surface area contributed by atoms with Gasteiger partial charge >= 0.3 is 0 Å². The zero-order valence-electron chi connectivity index (χ0n) is 19.9. The molecule has 8 nitrogen and oxygen atoms in total. The third-order valence-electron chi connectivity index (χ3n) is 6.27. The zero-order valence-corrected chi connectivity index (χ0v) is 19.9. The molecule has 0 aliphatic carbocycles. The van der Waals surface area contributed by atoms with Crippen molar-refractivity contribution in [3.05, 3.63) is 84.3 Å². The molecule has 2 aromatic heterocycles. The largest absolute Gasteiger partial charge is 0.486 e. The Morgan fingerprint density at radius 1 is 0.971 bits per heavy atom. The summed E-state index contributed by atoms with van der Waals surface area (Å²) < 4.78 is 7.83. The van der Waals surface area contributed by atoms with Crippen molar-refractivity contribution < 1.29 is 9.53 Å².